The number of aromatic nitrogens is 3. The van der Waals surface area contributed by atoms with Crippen LogP contribution in [-0.4, -0.2) is 25.7 Å². The van der Waals surface area contributed by atoms with Crippen LogP contribution in [0.1, 0.15) is 21.1 Å². The van der Waals surface area contributed by atoms with Crippen LogP contribution in [0.15, 0.2) is 36.5 Å². The highest BCUT2D eigenvalue weighted by Gasteiger charge is 2.12. The Balaban J connectivity index is 1.75. The van der Waals surface area contributed by atoms with E-state index in [0.717, 1.165) is 17.8 Å². The minimum atomic E-state index is -1.02. The van der Waals surface area contributed by atoms with Gasteiger partial charge in [-0.2, -0.15) is 5.10 Å². The number of fused-ring (bicyclic) bond motifs is 1. The van der Waals surface area contributed by atoms with E-state index in [1.165, 1.54) is 27.6 Å². The molecule has 19 heavy (non-hydrogen) atoms. The first-order chi connectivity index (χ1) is 9.22. The number of carboxylic acid groups (broad SMARTS) is 1. The summed E-state index contributed by atoms with van der Waals surface area (Å²) in [5.74, 6) is -1.02. The Hall–Kier alpha value is -2.21. The molecule has 0 spiro atoms. The molecule has 2 heterocycles. The molecule has 3 rings (SSSR count). The monoisotopic (exact) mass is 273 g/mol. The minimum absolute atomic E-state index is 0.0355. The van der Waals surface area contributed by atoms with Gasteiger partial charge < -0.3 is 5.11 Å². The van der Waals surface area contributed by atoms with Gasteiger partial charge in [-0.25, -0.2) is 14.3 Å². The van der Waals surface area contributed by atoms with E-state index in [2.05, 4.69) is 22.2 Å². The van der Waals surface area contributed by atoms with Gasteiger partial charge in [0.25, 0.3) is 0 Å². The van der Waals surface area contributed by atoms with Crippen molar-refractivity contribution >= 4 is 22.3 Å². The zero-order valence-electron chi connectivity index (χ0n) is 9.98. The molecule has 0 aliphatic carbocycles. The van der Waals surface area contributed by atoms with E-state index >= 15 is 0 Å². The molecule has 5 nitrogen and oxygen atoms in total. The van der Waals surface area contributed by atoms with Gasteiger partial charge in [-0.1, -0.05) is 41.7 Å². The van der Waals surface area contributed by atoms with Crippen LogP contribution in [-0.2, 0) is 12.8 Å². The fraction of sp³-hybridized carbons (Fsp3) is 0.154. The second-order valence-corrected chi connectivity index (χ2v) is 5.18. The molecular weight excluding hydrogens is 262 g/mol. The second-order valence-electron chi connectivity index (χ2n) is 4.14. The number of carbonyl (C=O) groups is 1. The third kappa shape index (κ3) is 2.48. The smallest absolute Gasteiger partial charge is 0.356 e. The molecule has 0 amide bonds. The van der Waals surface area contributed by atoms with E-state index in [-0.39, 0.29) is 5.69 Å². The maximum atomic E-state index is 10.8. The molecule has 0 bridgehead atoms. The normalized spacial score (nSPS) is 10.9. The Morgan fingerprint density at radius 2 is 2.05 bits per heavy atom. The molecule has 1 N–H and O–H groups in total. The van der Waals surface area contributed by atoms with Gasteiger partial charge in [0, 0.05) is 6.42 Å². The Morgan fingerprint density at radius 3 is 2.74 bits per heavy atom. The zero-order chi connectivity index (χ0) is 13.2. The Bertz CT molecular complexity index is 686. The van der Waals surface area contributed by atoms with Crippen LogP contribution in [0.25, 0.3) is 4.96 Å². The van der Waals surface area contributed by atoms with Crippen molar-refractivity contribution in [1.29, 1.82) is 0 Å². The number of aryl methyl sites for hydroxylation is 2. The average Bonchev–Trinajstić information content (AvgIpc) is 2.95. The van der Waals surface area contributed by atoms with Crippen LogP contribution in [0.2, 0.25) is 0 Å². The summed E-state index contributed by atoms with van der Waals surface area (Å²) in [4.78, 5) is 15.4. The van der Waals surface area contributed by atoms with Gasteiger partial charge in [0.1, 0.15) is 5.01 Å². The quantitative estimate of drug-likeness (QED) is 0.792. The van der Waals surface area contributed by atoms with Crippen molar-refractivity contribution in [1.82, 2.24) is 14.6 Å². The maximum absolute atomic E-state index is 10.8. The van der Waals surface area contributed by atoms with Crippen LogP contribution in [0.3, 0.4) is 0 Å². The van der Waals surface area contributed by atoms with E-state index in [4.69, 9.17) is 5.11 Å². The number of rotatable bonds is 4. The van der Waals surface area contributed by atoms with E-state index in [1.807, 2.05) is 18.2 Å². The molecule has 0 fully saturated rings. The van der Waals surface area contributed by atoms with E-state index in [9.17, 15) is 4.79 Å². The first-order valence-corrected chi connectivity index (χ1v) is 6.66. The molecule has 0 aliphatic rings. The molecule has 0 atom stereocenters. The van der Waals surface area contributed by atoms with Gasteiger partial charge >= 0.3 is 5.97 Å². The Morgan fingerprint density at radius 1 is 1.26 bits per heavy atom. The van der Waals surface area contributed by atoms with Gasteiger partial charge in [-0.15, -0.1) is 0 Å². The fourth-order valence-electron chi connectivity index (χ4n) is 1.84. The lowest BCUT2D eigenvalue weighted by atomic mass is 10.1. The van der Waals surface area contributed by atoms with E-state index in [1.54, 1.807) is 0 Å². The van der Waals surface area contributed by atoms with Crippen LogP contribution in [0, 0.1) is 0 Å². The Kier molecular flexibility index (Phi) is 3.00. The zero-order valence-corrected chi connectivity index (χ0v) is 10.8. The van der Waals surface area contributed by atoms with Crippen molar-refractivity contribution < 1.29 is 9.90 Å². The molecule has 0 saturated carbocycles. The number of carboxylic acids is 1. The highest BCUT2D eigenvalue weighted by atomic mass is 32.1. The van der Waals surface area contributed by atoms with Gasteiger partial charge in [0.05, 0.1) is 6.20 Å². The first-order valence-electron chi connectivity index (χ1n) is 5.85. The van der Waals surface area contributed by atoms with Gasteiger partial charge in [0.2, 0.25) is 4.96 Å². The highest BCUT2D eigenvalue weighted by molar-refractivity contribution is 7.16. The second kappa shape index (κ2) is 4.81. The summed E-state index contributed by atoms with van der Waals surface area (Å²) in [6.07, 6.45) is 3.20. The maximum Gasteiger partial charge on any atom is 0.356 e. The standard InChI is InChI=1S/C13H11N3O2S/c17-12(18)10-8-16-13(14-10)19-11(15-16)7-6-9-4-2-1-3-5-9/h1-5,8H,6-7H2,(H,17,18). The van der Waals surface area contributed by atoms with Crippen LogP contribution >= 0.6 is 11.3 Å². The largest absolute Gasteiger partial charge is 0.476 e. The number of aromatic carboxylic acids is 1. The molecule has 3 aromatic rings. The molecule has 2 aromatic heterocycles. The third-order valence-corrected chi connectivity index (χ3v) is 3.76. The Labute approximate surface area is 113 Å². The summed E-state index contributed by atoms with van der Waals surface area (Å²) in [5.41, 5.74) is 1.30. The van der Waals surface area contributed by atoms with Crippen LogP contribution < -0.4 is 0 Å². The summed E-state index contributed by atoms with van der Waals surface area (Å²) >= 11 is 1.43. The number of benzene rings is 1. The summed E-state index contributed by atoms with van der Waals surface area (Å²) in [7, 11) is 0. The number of hydrogen-bond acceptors (Lipinski definition) is 4. The van der Waals surface area contributed by atoms with Crippen molar-refractivity contribution in [2.75, 3.05) is 0 Å². The number of hydrogen-bond donors (Lipinski definition) is 1. The summed E-state index contributed by atoms with van der Waals surface area (Å²) in [6, 6.07) is 10.2. The van der Waals surface area contributed by atoms with Crippen molar-refractivity contribution in [3.63, 3.8) is 0 Å². The predicted octanol–water partition coefficient (Wildman–Crippen LogP) is 2.27. The molecule has 96 valence electrons. The van der Waals surface area contributed by atoms with Crippen molar-refractivity contribution in [2.24, 2.45) is 0 Å². The third-order valence-electron chi connectivity index (χ3n) is 2.77. The van der Waals surface area contributed by atoms with E-state index in [0.29, 0.717) is 4.96 Å². The topological polar surface area (TPSA) is 67.5 Å². The molecule has 6 heteroatoms. The van der Waals surface area contributed by atoms with Crippen LogP contribution in [0.5, 0.6) is 0 Å². The van der Waals surface area contributed by atoms with Gasteiger partial charge in [-0.3, -0.25) is 0 Å². The predicted molar refractivity (Wildman–Crippen MR) is 71.7 cm³/mol. The summed E-state index contributed by atoms with van der Waals surface area (Å²) in [5, 5.41) is 14.1. The lowest BCUT2D eigenvalue weighted by Gasteiger charge is -1.97. The molecule has 0 unspecified atom stereocenters. The van der Waals surface area contributed by atoms with Gasteiger partial charge in [0.15, 0.2) is 5.69 Å². The van der Waals surface area contributed by atoms with Gasteiger partial charge in [-0.05, 0) is 12.0 Å². The fourth-order valence-corrected chi connectivity index (χ4v) is 2.72. The van der Waals surface area contributed by atoms with Crippen molar-refractivity contribution in [3.8, 4) is 0 Å². The summed E-state index contributed by atoms with van der Waals surface area (Å²) in [6.45, 7) is 0. The molecule has 0 aliphatic heterocycles. The number of nitrogens with zero attached hydrogens (tertiary/aromatic N) is 3. The van der Waals surface area contributed by atoms with E-state index < -0.39 is 5.97 Å². The lowest BCUT2D eigenvalue weighted by Crippen LogP contribution is -1.96. The molecule has 1 aromatic carbocycles. The lowest BCUT2D eigenvalue weighted by molar-refractivity contribution is 0.0691. The highest BCUT2D eigenvalue weighted by Crippen LogP contribution is 2.16. The van der Waals surface area contributed by atoms with Crippen LogP contribution in [0.4, 0.5) is 0 Å². The first kappa shape index (κ1) is 11.9. The van der Waals surface area contributed by atoms with Crippen molar-refractivity contribution in [2.45, 2.75) is 12.8 Å². The SMILES string of the molecule is O=C(O)c1cn2nc(CCc3ccccc3)sc2n1. The molecule has 0 saturated heterocycles. The number of imidazole rings is 1. The molecule has 0 radical (unpaired) electrons. The minimum Gasteiger partial charge on any atom is -0.476 e. The average molecular weight is 273 g/mol. The van der Waals surface area contributed by atoms with Crippen molar-refractivity contribution in [3.05, 3.63) is 52.8 Å². The molecular formula is C13H11N3O2S. The summed E-state index contributed by atoms with van der Waals surface area (Å²) < 4.78 is 1.54.